The van der Waals surface area contributed by atoms with Crippen molar-refractivity contribution in [1.29, 1.82) is 0 Å². The molecule has 2 fully saturated rings. The largest absolute Gasteiger partial charge is 0.479 e. The number of amides is 2. The van der Waals surface area contributed by atoms with Crippen LogP contribution >= 0.6 is 0 Å². The van der Waals surface area contributed by atoms with Crippen LogP contribution in [0.3, 0.4) is 0 Å². The first-order valence-electron chi connectivity index (χ1n) is 12.2. The maximum Gasteiger partial charge on any atom is 0.407 e. The number of carbonyl (C=O) groups excluding carboxylic acids is 2. The number of benzene rings is 2. The van der Waals surface area contributed by atoms with Gasteiger partial charge in [-0.05, 0) is 53.4 Å². The van der Waals surface area contributed by atoms with Gasteiger partial charge in [-0.3, -0.25) is 4.79 Å². The molecule has 8 nitrogen and oxygen atoms in total. The Morgan fingerprint density at radius 1 is 0.971 bits per heavy atom. The number of carboxylic acid groups (broad SMARTS) is 1. The number of aliphatic hydroxyl groups excluding tert-OH is 1. The van der Waals surface area contributed by atoms with Crippen LogP contribution in [-0.2, 0) is 14.3 Å². The molecule has 0 aliphatic heterocycles. The zero-order valence-electron chi connectivity index (χ0n) is 19.4. The van der Waals surface area contributed by atoms with Crippen molar-refractivity contribution >= 4 is 18.0 Å². The lowest BCUT2D eigenvalue weighted by Crippen LogP contribution is -2.50. The lowest BCUT2D eigenvalue weighted by atomic mass is 9.71. The van der Waals surface area contributed by atoms with E-state index in [1.54, 1.807) is 0 Å². The van der Waals surface area contributed by atoms with Gasteiger partial charge in [0.25, 0.3) is 0 Å². The molecule has 4 N–H and O–H groups in total. The number of alkyl carbamates (subject to hydrolysis) is 1. The SMILES string of the molecule is O=C(NC1CC2CC(C(=O)NCCC(O)C(=O)O)CC21)OCC1c2ccccc2-c2ccccc21. The van der Waals surface area contributed by atoms with E-state index in [2.05, 4.69) is 34.9 Å². The van der Waals surface area contributed by atoms with E-state index in [9.17, 15) is 19.5 Å². The third-order valence-electron chi connectivity index (χ3n) is 7.84. The summed E-state index contributed by atoms with van der Waals surface area (Å²) in [4.78, 5) is 35.7. The van der Waals surface area contributed by atoms with Gasteiger partial charge < -0.3 is 25.6 Å². The van der Waals surface area contributed by atoms with Crippen LogP contribution in [0.1, 0.15) is 42.7 Å². The molecule has 2 aromatic rings. The minimum absolute atomic E-state index is 0.00211. The number of hydrogen-bond acceptors (Lipinski definition) is 5. The predicted octanol–water partition coefficient (Wildman–Crippen LogP) is 2.89. The molecule has 0 bridgehead atoms. The Hall–Kier alpha value is -3.39. The average molecular weight is 479 g/mol. The maximum atomic E-state index is 12.6. The summed E-state index contributed by atoms with van der Waals surface area (Å²) in [5.41, 5.74) is 4.72. The molecule has 2 aromatic carbocycles. The molecule has 5 rings (SSSR count). The van der Waals surface area contributed by atoms with Gasteiger partial charge in [0.2, 0.25) is 5.91 Å². The Balaban J connectivity index is 1.09. The van der Waals surface area contributed by atoms with Gasteiger partial charge in [-0.2, -0.15) is 0 Å². The second kappa shape index (κ2) is 9.70. The van der Waals surface area contributed by atoms with Gasteiger partial charge in [0, 0.05) is 30.8 Å². The Labute approximate surface area is 203 Å². The van der Waals surface area contributed by atoms with Crippen molar-refractivity contribution in [3.05, 3.63) is 59.7 Å². The van der Waals surface area contributed by atoms with Crippen LogP contribution in [0.5, 0.6) is 0 Å². The van der Waals surface area contributed by atoms with Gasteiger partial charge >= 0.3 is 12.1 Å². The minimum Gasteiger partial charge on any atom is -0.479 e. The number of fused-ring (bicyclic) bond motifs is 4. The molecule has 8 heteroatoms. The van der Waals surface area contributed by atoms with E-state index < -0.39 is 18.2 Å². The fourth-order valence-corrected chi connectivity index (χ4v) is 6.00. The number of aliphatic hydroxyl groups is 1. The van der Waals surface area contributed by atoms with Crippen molar-refractivity contribution < 1.29 is 29.3 Å². The number of hydrogen-bond donors (Lipinski definition) is 4. The Morgan fingerprint density at radius 2 is 1.63 bits per heavy atom. The van der Waals surface area contributed by atoms with E-state index in [-0.39, 0.29) is 49.3 Å². The van der Waals surface area contributed by atoms with Crippen LogP contribution in [0.2, 0.25) is 0 Å². The molecule has 3 aliphatic carbocycles. The molecular weight excluding hydrogens is 448 g/mol. The first kappa shape index (κ1) is 23.4. The minimum atomic E-state index is -1.47. The summed E-state index contributed by atoms with van der Waals surface area (Å²) in [5, 5.41) is 23.8. The summed E-state index contributed by atoms with van der Waals surface area (Å²) < 4.78 is 5.66. The third-order valence-corrected chi connectivity index (χ3v) is 7.84. The smallest absolute Gasteiger partial charge is 0.407 e. The molecule has 0 radical (unpaired) electrons. The second-order valence-corrected chi connectivity index (χ2v) is 9.84. The molecule has 0 saturated heterocycles. The lowest BCUT2D eigenvalue weighted by molar-refractivity contribution is -0.147. The summed E-state index contributed by atoms with van der Waals surface area (Å²) in [5.74, 6) is -0.898. The molecule has 5 atom stereocenters. The Bertz CT molecular complexity index is 1090. The molecule has 0 aromatic heterocycles. The van der Waals surface area contributed by atoms with Crippen molar-refractivity contribution in [3.63, 3.8) is 0 Å². The van der Waals surface area contributed by atoms with Crippen molar-refractivity contribution in [2.45, 2.75) is 43.7 Å². The zero-order valence-corrected chi connectivity index (χ0v) is 19.4. The van der Waals surface area contributed by atoms with Crippen LogP contribution in [0.15, 0.2) is 48.5 Å². The zero-order chi connectivity index (χ0) is 24.5. The van der Waals surface area contributed by atoms with Crippen LogP contribution < -0.4 is 10.6 Å². The van der Waals surface area contributed by atoms with E-state index in [1.165, 1.54) is 22.3 Å². The van der Waals surface area contributed by atoms with Gasteiger partial charge in [0.05, 0.1) is 0 Å². The first-order chi connectivity index (χ1) is 16.9. The summed E-state index contributed by atoms with van der Waals surface area (Å²) in [7, 11) is 0. The van der Waals surface area contributed by atoms with Crippen LogP contribution in [-0.4, -0.2) is 53.5 Å². The van der Waals surface area contributed by atoms with Crippen molar-refractivity contribution in [2.24, 2.45) is 17.8 Å². The highest BCUT2D eigenvalue weighted by Crippen LogP contribution is 2.50. The topological polar surface area (TPSA) is 125 Å². The molecule has 0 spiro atoms. The van der Waals surface area contributed by atoms with E-state index in [0.717, 1.165) is 12.8 Å². The van der Waals surface area contributed by atoms with Crippen LogP contribution in [0.4, 0.5) is 4.79 Å². The fraction of sp³-hybridized carbons (Fsp3) is 0.444. The number of nitrogens with one attached hydrogen (secondary N) is 2. The lowest BCUT2D eigenvalue weighted by Gasteiger charge is -2.40. The molecule has 5 unspecified atom stereocenters. The number of aliphatic carboxylic acids is 1. The summed E-state index contributed by atoms with van der Waals surface area (Å²) in [6.07, 6.45) is 0.364. The third kappa shape index (κ3) is 4.62. The second-order valence-electron chi connectivity index (χ2n) is 9.84. The normalized spacial score (nSPS) is 24.9. The van der Waals surface area contributed by atoms with E-state index in [4.69, 9.17) is 9.84 Å². The Morgan fingerprint density at radius 3 is 2.29 bits per heavy atom. The van der Waals surface area contributed by atoms with E-state index in [1.807, 2.05) is 24.3 Å². The number of carboxylic acids is 1. The molecule has 184 valence electrons. The fourth-order valence-electron chi connectivity index (χ4n) is 6.00. The first-order valence-corrected chi connectivity index (χ1v) is 12.2. The Kier molecular flexibility index (Phi) is 6.47. The van der Waals surface area contributed by atoms with E-state index >= 15 is 0 Å². The molecule has 2 saturated carbocycles. The number of ether oxygens (including phenoxy) is 1. The summed E-state index contributed by atoms with van der Waals surface area (Å²) in [6.45, 7) is 0.396. The molecule has 35 heavy (non-hydrogen) atoms. The molecule has 2 amide bonds. The highest BCUT2D eigenvalue weighted by Gasteiger charge is 2.50. The standard InChI is InChI=1S/C27H30N2O6/c30-24(26(32)33)9-10-28-25(31)16-11-15-13-23(21(15)12-16)29-27(34)35-14-22-19-7-3-1-5-17(19)18-6-2-4-8-20(18)22/h1-8,15-16,21-24,30H,9-14H2,(H,28,31)(H,29,34)(H,32,33). The van der Waals surface area contributed by atoms with Crippen molar-refractivity contribution in [2.75, 3.05) is 13.2 Å². The van der Waals surface area contributed by atoms with Crippen molar-refractivity contribution in [3.8, 4) is 11.1 Å². The van der Waals surface area contributed by atoms with Crippen LogP contribution in [0.25, 0.3) is 11.1 Å². The monoisotopic (exact) mass is 478 g/mol. The van der Waals surface area contributed by atoms with Gasteiger partial charge in [-0.1, -0.05) is 48.5 Å². The maximum absolute atomic E-state index is 12.6. The van der Waals surface area contributed by atoms with Crippen LogP contribution in [0, 0.1) is 17.8 Å². The molecule has 3 aliphatic rings. The quantitative estimate of drug-likeness (QED) is 0.462. The number of rotatable bonds is 8. The molecular formula is C27H30N2O6. The predicted molar refractivity (Wildman–Crippen MR) is 128 cm³/mol. The highest BCUT2D eigenvalue weighted by molar-refractivity contribution is 5.80. The van der Waals surface area contributed by atoms with Gasteiger partial charge in [0.1, 0.15) is 6.61 Å². The van der Waals surface area contributed by atoms with Crippen molar-refractivity contribution in [1.82, 2.24) is 10.6 Å². The van der Waals surface area contributed by atoms with Gasteiger partial charge in [-0.25, -0.2) is 9.59 Å². The van der Waals surface area contributed by atoms with E-state index in [0.29, 0.717) is 12.3 Å². The van der Waals surface area contributed by atoms with Gasteiger partial charge in [-0.15, -0.1) is 0 Å². The average Bonchev–Trinajstić information content (AvgIpc) is 3.36. The number of carbonyl (C=O) groups is 3. The molecule has 0 heterocycles. The van der Waals surface area contributed by atoms with Gasteiger partial charge in [0.15, 0.2) is 6.10 Å². The summed E-state index contributed by atoms with van der Waals surface area (Å²) in [6, 6.07) is 16.4. The highest BCUT2D eigenvalue weighted by atomic mass is 16.5. The summed E-state index contributed by atoms with van der Waals surface area (Å²) >= 11 is 0.